The summed E-state index contributed by atoms with van der Waals surface area (Å²) < 4.78 is 1.02. The van der Waals surface area contributed by atoms with Gasteiger partial charge in [0.1, 0.15) is 10.7 Å². The van der Waals surface area contributed by atoms with Crippen LogP contribution in [0, 0.1) is 0 Å². The van der Waals surface area contributed by atoms with Crippen molar-refractivity contribution in [1.29, 1.82) is 0 Å². The van der Waals surface area contributed by atoms with Crippen molar-refractivity contribution in [3.05, 3.63) is 78.0 Å². The molecule has 0 fully saturated rings. The molecule has 0 aliphatic rings. The van der Waals surface area contributed by atoms with Gasteiger partial charge in [0, 0.05) is 11.9 Å². The number of thiazole rings is 1. The molecule has 0 atom stereocenters. The highest BCUT2D eigenvalue weighted by atomic mass is 32.1. The van der Waals surface area contributed by atoms with E-state index in [0.29, 0.717) is 22.0 Å². The number of aromatic carboxylic acids is 1. The van der Waals surface area contributed by atoms with Gasteiger partial charge in [0.2, 0.25) is 0 Å². The van der Waals surface area contributed by atoms with Gasteiger partial charge in [-0.1, -0.05) is 24.3 Å². The summed E-state index contributed by atoms with van der Waals surface area (Å²) in [6.45, 7) is 0. The minimum atomic E-state index is -1.27. The molecule has 0 aliphatic carbocycles. The van der Waals surface area contributed by atoms with Crippen LogP contribution in [0.2, 0.25) is 0 Å². The highest BCUT2D eigenvalue weighted by molar-refractivity contribution is 7.21. The monoisotopic (exact) mass is 374 g/mol. The average Bonchev–Trinajstić information content (AvgIpc) is 3.12. The van der Waals surface area contributed by atoms with E-state index in [1.165, 1.54) is 35.6 Å². The second kappa shape index (κ2) is 6.97. The van der Waals surface area contributed by atoms with Crippen molar-refractivity contribution in [3.63, 3.8) is 0 Å². The summed E-state index contributed by atoms with van der Waals surface area (Å²) in [5.41, 5.74) is 2.27. The number of rotatable bonds is 4. The van der Waals surface area contributed by atoms with Crippen LogP contribution in [0.5, 0.6) is 0 Å². The van der Waals surface area contributed by atoms with E-state index >= 15 is 0 Å². The van der Waals surface area contributed by atoms with Crippen molar-refractivity contribution in [2.75, 3.05) is 5.32 Å². The highest BCUT2D eigenvalue weighted by Crippen LogP contribution is 2.31. The fourth-order valence-electron chi connectivity index (χ4n) is 2.62. The Morgan fingerprint density at radius 2 is 1.74 bits per heavy atom. The van der Waals surface area contributed by atoms with Gasteiger partial charge < -0.3 is 15.2 Å². The Kier molecular flexibility index (Phi) is 4.35. The van der Waals surface area contributed by atoms with Gasteiger partial charge in [0.25, 0.3) is 5.91 Å². The number of carbonyl (C=O) groups excluding carboxylic acids is 2. The maximum Gasteiger partial charge on any atom is 0.257 e. The van der Waals surface area contributed by atoms with Crippen molar-refractivity contribution in [2.24, 2.45) is 0 Å². The predicted octanol–water partition coefficient (Wildman–Crippen LogP) is 2.97. The number of aromatic nitrogens is 2. The Morgan fingerprint density at radius 3 is 2.48 bits per heavy atom. The number of nitrogens with one attached hydrogen (secondary N) is 1. The minimum absolute atomic E-state index is 0.0459. The predicted molar refractivity (Wildman–Crippen MR) is 102 cm³/mol. The van der Waals surface area contributed by atoms with Crippen molar-refractivity contribution < 1.29 is 14.7 Å². The van der Waals surface area contributed by atoms with Gasteiger partial charge >= 0.3 is 0 Å². The molecule has 7 heteroatoms. The van der Waals surface area contributed by atoms with Gasteiger partial charge in [-0.3, -0.25) is 9.78 Å². The van der Waals surface area contributed by atoms with Crippen molar-refractivity contribution in [2.45, 2.75) is 0 Å². The first-order chi connectivity index (χ1) is 13.1. The fourth-order valence-corrected chi connectivity index (χ4v) is 3.60. The molecule has 0 bridgehead atoms. The minimum Gasteiger partial charge on any atom is -0.545 e. The van der Waals surface area contributed by atoms with Gasteiger partial charge in [0.05, 0.1) is 21.7 Å². The largest absolute Gasteiger partial charge is 0.545 e. The van der Waals surface area contributed by atoms with Gasteiger partial charge in [-0.15, -0.1) is 11.3 Å². The summed E-state index contributed by atoms with van der Waals surface area (Å²) in [5, 5.41) is 14.2. The molecule has 2 heterocycles. The van der Waals surface area contributed by atoms with E-state index in [-0.39, 0.29) is 11.5 Å². The number of hydrogen-bond donors (Lipinski definition) is 1. The van der Waals surface area contributed by atoms with Crippen molar-refractivity contribution in [3.8, 4) is 10.7 Å². The van der Waals surface area contributed by atoms with E-state index in [9.17, 15) is 14.7 Å². The molecule has 27 heavy (non-hydrogen) atoms. The van der Waals surface area contributed by atoms with Crippen LogP contribution in [-0.2, 0) is 0 Å². The molecule has 1 amide bonds. The second-order valence-electron chi connectivity index (χ2n) is 5.71. The number of carboxylic acid groups (broad SMARTS) is 1. The molecule has 2 aromatic heterocycles. The summed E-state index contributed by atoms with van der Waals surface area (Å²) in [4.78, 5) is 32.5. The van der Waals surface area contributed by atoms with Crippen LogP contribution in [-0.4, -0.2) is 21.8 Å². The zero-order chi connectivity index (χ0) is 18.8. The second-order valence-corrected chi connectivity index (χ2v) is 6.74. The van der Waals surface area contributed by atoms with Gasteiger partial charge in [-0.2, -0.15) is 0 Å². The lowest BCUT2D eigenvalue weighted by Crippen LogP contribution is -2.22. The standard InChI is InChI=1S/C20H13N3O3S/c24-18(22-13-9-7-12(8-10-13)20(25)26)14-4-3-11-21-17(14)19-23-15-5-1-2-6-16(15)27-19/h1-11H,(H,22,24)(H,25,26)/p-1. The molecule has 132 valence electrons. The zero-order valence-electron chi connectivity index (χ0n) is 13.9. The quantitative estimate of drug-likeness (QED) is 0.592. The third-order valence-electron chi connectivity index (χ3n) is 3.93. The molecule has 0 radical (unpaired) electrons. The summed E-state index contributed by atoms with van der Waals surface area (Å²) in [6.07, 6.45) is 1.62. The number of anilines is 1. The molecule has 0 saturated heterocycles. The fraction of sp³-hybridized carbons (Fsp3) is 0. The summed E-state index contributed by atoms with van der Waals surface area (Å²) in [7, 11) is 0. The molecule has 0 unspecified atom stereocenters. The maximum atomic E-state index is 12.7. The van der Waals surface area contributed by atoms with E-state index in [1.54, 1.807) is 18.3 Å². The summed E-state index contributed by atoms with van der Waals surface area (Å²) in [6, 6.07) is 16.9. The lowest BCUT2D eigenvalue weighted by molar-refractivity contribution is -0.255. The van der Waals surface area contributed by atoms with E-state index in [4.69, 9.17) is 0 Å². The first-order valence-electron chi connectivity index (χ1n) is 8.05. The molecular weight excluding hydrogens is 362 g/mol. The Bertz CT molecular complexity index is 1120. The summed E-state index contributed by atoms with van der Waals surface area (Å²) in [5.74, 6) is -1.61. The van der Waals surface area contributed by atoms with Crippen LogP contribution >= 0.6 is 11.3 Å². The Labute approximate surface area is 158 Å². The number of nitrogens with zero attached hydrogens (tertiary/aromatic N) is 2. The molecule has 0 aliphatic heterocycles. The maximum absolute atomic E-state index is 12.7. The number of carbonyl (C=O) groups is 2. The first kappa shape index (κ1) is 16.9. The number of fused-ring (bicyclic) bond motifs is 1. The van der Waals surface area contributed by atoms with Crippen LogP contribution in [0.25, 0.3) is 20.9 Å². The normalized spacial score (nSPS) is 10.7. The number of hydrogen-bond acceptors (Lipinski definition) is 6. The van der Waals surface area contributed by atoms with E-state index < -0.39 is 5.97 Å². The van der Waals surface area contributed by atoms with Crippen molar-refractivity contribution >= 4 is 39.1 Å². The highest BCUT2D eigenvalue weighted by Gasteiger charge is 2.17. The van der Waals surface area contributed by atoms with E-state index in [1.807, 2.05) is 24.3 Å². The third kappa shape index (κ3) is 3.40. The van der Waals surface area contributed by atoms with E-state index in [0.717, 1.165) is 10.2 Å². The van der Waals surface area contributed by atoms with Crippen LogP contribution in [0.15, 0.2) is 66.9 Å². The number of amides is 1. The lowest BCUT2D eigenvalue weighted by Gasteiger charge is -2.09. The number of para-hydroxylation sites is 1. The summed E-state index contributed by atoms with van der Waals surface area (Å²) >= 11 is 1.47. The zero-order valence-corrected chi connectivity index (χ0v) is 14.7. The molecule has 0 saturated carbocycles. The molecule has 4 rings (SSSR count). The molecule has 4 aromatic rings. The number of pyridine rings is 1. The van der Waals surface area contributed by atoms with Gasteiger partial charge in [-0.25, -0.2) is 4.98 Å². The van der Waals surface area contributed by atoms with Crippen LogP contribution in [0.3, 0.4) is 0 Å². The number of benzene rings is 2. The molecule has 2 aromatic carbocycles. The first-order valence-corrected chi connectivity index (χ1v) is 8.87. The van der Waals surface area contributed by atoms with Crippen molar-refractivity contribution in [1.82, 2.24) is 9.97 Å². The Morgan fingerprint density at radius 1 is 0.963 bits per heavy atom. The Hall–Kier alpha value is -3.58. The SMILES string of the molecule is O=C([O-])c1ccc(NC(=O)c2cccnc2-c2nc3ccccc3s2)cc1. The molecule has 1 N–H and O–H groups in total. The molecular formula is C20H12N3O3S-. The van der Waals surface area contributed by atoms with Crippen LogP contribution in [0.1, 0.15) is 20.7 Å². The average molecular weight is 374 g/mol. The van der Waals surface area contributed by atoms with Crippen LogP contribution in [0.4, 0.5) is 5.69 Å². The molecule has 6 nitrogen and oxygen atoms in total. The van der Waals surface area contributed by atoms with Gasteiger partial charge in [-0.05, 0) is 42.0 Å². The topological polar surface area (TPSA) is 95.0 Å². The molecule has 0 spiro atoms. The van der Waals surface area contributed by atoms with E-state index in [2.05, 4.69) is 15.3 Å². The van der Waals surface area contributed by atoms with Crippen LogP contribution < -0.4 is 10.4 Å². The third-order valence-corrected chi connectivity index (χ3v) is 4.97. The Balaban J connectivity index is 1.65. The smallest absolute Gasteiger partial charge is 0.257 e. The number of carboxylic acids is 1. The van der Waals surface area contributed by atoms with Gasteiger partial charge in [0.15, 0.2) is 0 Å². The lowest BCUT2D eigenvalue weighted by atomic mass is 10.1.